The van der Waals surface area contributed by atoms with Crippen molar-refractivity contribution in [2.24, 2.45) is 0 Å². The summed E-state index contributed by atoms with van der Waals surface area (Å²) in [6, 6.07) is 18.6. The molecule has 6 nitrogen and oxygen atoms in total. The monoisotopic (exact) mass is 476 g/mol. The van der Waals surface area contributed by atoms with Crippen molar-refractivity contribution < 1.29 is 18.7 Å². The number of hydrogen-bond donors (Lipinski definition) is 1. The van der Waals surface area contributed by atoms with Crippen LogP contribution in [0.5, 0.6) is 0 Å². The van der Waals surface area contributed by atoms with Crippen LogP contribution >= 0.6 is 23.1 Å². The predicted octanol–water partition coefficient (Wildman–Crippen LogP) is 5.35. The fourth-order valence-electron chi connectivity index (χ4n) is 3.54. The van der Waals surface area contributed by atoms with E-state index in [0.717, 1.165) is 5.56 Å². The van der Waals surface area contributed by atoms with E-state index >= 15 is 0 Å². The van der Waals surface area contributed by atoms with Crippen LogP contribution in [0.4, 0.5) is 0 Å². The Bertz CT molecular complexity index is 1240. The second-order valence-corrected chi connectivity index (χ2v) is 8.93. The second kappa shape index (κ2) is 10.4. The Kier molecular flexibility index (Phi) is 7.13. The van der Waals surface area contributed by atoms with Crippen molar-refractivity contribution in [3.05, 3.63) is 98.6 Å². The fourth-order valence-corrected chi connectivity index (χ4v) is 5.22. The van der Waals surface area contributed by atoms with Crippen molar-refractivity contribution in [1.82, 2.24) is 5.32 Å². The van der Waals surface area contributed by atoms with E-state index in [9.17, 15) is 14.9 Å². The van der Waals surface area contributed by atoms with Crippen LogP contribution in [0.2, 0.25) is 0 Å². The number of nitriles is 1. The number of hydrogen-bond acceptors (Lipinski definition) is 8. The molecule has 1 N–H and O–H groups in total. The van der Waals surface area contributed by atoms with Gasteiger partial charge in [0.25, 0.3) is 0 Å². The lowest BCUT2D eigenvalue weighted by Crippen LogP contribution is -2.29. The number of carbonyl (C=O) groups excluding carboxylic acids is 2. The van der Waals surface area contributed by atoms with Crippen molar-refractivity contribution in [2.75, 3.05) is 12.4 Å². The number of nitrogens with one attached hydrogen (secondary N) is 1. The van der Waals surface area contributed by atoms with Crippen molar-refractivity contribution >= 4 is 40.5 Å². The summed E-state index contributed by atoms with van der Waals surface area (Å²) in [5.74, 6) is -0.725. The average molecular weight is 477 g/mol. The first-order chi connectivity index (χ1) is 16.1. The molecule has 0 fully saturated rings. The first-order valence-electron chi connectivity index (χ1n) is 10.2. The molecule has 33 heavy (non-hydrogen) atoms. The number of allylic oxidation sites excluding steroid dienone is 1. The Morgan fingerprint density at radius 2 is 2.00 bits per heavy atom. The van der Waals surface area contributed by atoms with Gasteiger partial charge in [-0.3, -0.25) is 4.79 Å². The van der Waals surface area contributed by atoms with Crippen LogP contribution in [0, 0.1) is 11.3 Å². The van der Waals surface area contributed by atoms with E-state index in [2.05, 4.69) is 11.4 Å². The van der Waals surface area contributed by atoms with E-state index in [-0.39, 0.29) is 18.1 Å². The highest BCUT2D eigenvalue weighted by Crippen LogP contribution is 2.43. The van der Waals surface area contributed by atoms with Gasteiger partial charge in [0.2, 0.25) is 0 Å². The van der Waals surface area contributed by atoms with Gasteiger partial charge in [-0.1, -0.05) is 48.2 Å². The zero-order chi connectivity index (χ0) is 23.2. The summed E-state index contributed by atoms with van der Waals surface area (Å²) in [6.45, 7) is 1.93. The molecule has 3 heterocycles. The molecule has 0 saturated carbocycles. The van der Waals surface area contributed by atoms with E-state index in [1.807, 2.05) is 41.8 Å². The van der Waals surface area contributed by atoms with E-state index in [4.69, 9.17) is 9.15 Å². The summed E-state index contributed by atoms with van der Waals surface area (Å²) in [7, 11) is 0. The normalized spacial score (nSPS) is 15.7. The molecule has 0 aliphatic carbocycles. The minimum absolute atomic E-state index is 0.0300. The summed E-state index contributed by atoms with van der Waals surface area (Å²) in [4.78, 5) is 26.4. The van der Waals surface area contributed by atoms with Gasteiger partial charge in [-0.2, -0.15) is 5.26 Å². The van der Waals surface area contributed by atoms with Crippen LogP contribution in [0.25, 0.3) is 5.70 Å². The van der Waals surface area contributed by atoms with Gasteiger partial charge >= 0.3 is 5.97 Å². The first kappa shape index (κ1) is 22.6. The molecule has 2 aromatic heterocycles. The lowest BCUT2D eigenvalue weighted by Gasteiger charge is -2.29. The highest BCUT2D eigenvalue weighted by molar-refractivity contribution is 8.03. The number of rotatable bonds is 8. The Balaban J connectivity index is 1.81. The summed E-state index contributed by atoms with van der Waals surface area (Å²) in [5, 5.41) is 15.7. The highest BCUT2D eigenvalue weighted by atomic mass is 32.2. The minimum Gasteiger partial charge on any atom is -0.468 e. The van der Waals surface area contributed by atoms with E-state index in [1.54, 1.807) is 25.1 Å². The van der Waals surface area contributed by atoms with Crippen LogP contribution in [-0.2, 0) is 9.53 Å². The quantitative estimate of drug-likeness (QED) is 0.346. The first-order valence-corrected chi connectivity index (χ1v) is 12.1. The number of dihydropyridines is 1. The third kappa shape index (κ3) is 4.80. The Morgan fingerprint density at radius 1 is 1.18 bits per heavy atom. The van der Waals surface area contributed by atoms with Crippen molar-refractivity contribution in [2.45, 2.75) is 12.8 Å². The highest BCUT2D eigenvalue weighted by Gasteiger charge is 2.38. The van der Waals surface area contributed by atoms with Crippen LogP contribution in [0.15, 0.2) is 86.8 Å². The zero-order valence-corrected chi connectivity index (χ0v) is 19.4. The molecule has 3 aromatic rings. The van der Waals surface area contributed by atoms with Crippen molar-refractivity contribution in [3.8, 4) is 6.07 Å². The van der Waals surface area contributed by atoms with Gasteiger partial charge in [0, 0.05) is 0 Å². The third-order valence-corrected chi connectivity index (χ3v) is 6.91. The smallest absolute Gasteiger partial charge is 0.337 e. The predicted molar refractivity (Wildman–Crippen MR) is 128 cm³/mol. The number of benzene rings is 1. The van der Waals surface area contributed by atoms with Gasteiger partial charge in [0.05, 0.1) is 57.4 Å². The van der Waals surface area contributed by atoms with E-state index in [1.165, 1.54) is 29.4 Å². The van der Waals surface area contributed by atoms with Gasteiger partial charge in [-0.15, -0.1) is 11.3 Å². The number of thioether (sulfide) groups is 1. The molecule has 1 aromatic carbocycles. The topological polar surface area (TPSA) is 92.3 Å². The SMILES string of the molecule is CCOC(=O)C1=C(c2ccccc2)NC(SCC(=O)c2cccs2)=C(C#N)[C@H]1c1ccco1. The number of furan rings is 1. The largest absolute Gasteiger partial charge is 0.468 e. The number of nitrogens with zero attached hydrogens (tertiary/aromatic N) is 1. The number of Topliss-reactive ketones (excluding diaryl/α,β-unsaturated/α-hetero) is 1. The number of esters is 1. The number of thiophene rings is 1. The molecule has 4 rings (SSSR count). The van der Waals surface area contributed by atoms with Gasteiger partial charge in [0.1, 0.15) is 5.76 Å². The summed E-state index contributed by atoms with van der Waals surface area (Å²) >= 11 is 2.62. The van der Waals surface area contributed by atoms with Crippen molar-refractivity contribution in [1.29, 1.82) is 5.26 Å². The van der Waals surface area contributed by atoms with Crippen LogP contribution in [0.3, 0.4) is 0 Å². The molecule has 1 aliphatic heterocycles. The molecule has 166 valence electrons. The molecular weight excluding hydrogens is 456 g/mol. The van der Waals surface area contributed by atoms with Gasteiger partial charge in [-0.25, -0.2) is 4.79 Å². The molecule has 0 amide bonds. The van der Waals surface area contributed by atoms with Crippen LogP contribution in [-0.4, -0.2) is 24.1 Å². The van der Waals surface area contributed by atoms with E-state index < -0.39 is 11.9 Å². The molecule has 0 spiro atoms. The summed E-state index contributed by atoms with van der Waals surface area (Å²) < 4.78 is 11.0. The molecule has 1 aliphatic rings. The summed E-state index contributed by atoms with van der Waals surface area (Å²) in [6.07, 6.45) is 1.50. The average Bonchev–Trinajstić information content (AvgIpc) is 3.57. The van der Waals surface area contributed by atoms with Gasteiger partial charge in [0.15, 0.2) is 5.78 Å². The Hall–Kier alpha value is -3.54. The Labute approximate surface area is 199 Å². The van der Waals surface area contributed by atoms with Crippen molar-refractivity contribution in [3.63, 3.8) is 0 Å². The standard InChI is InChI=1S/C25H20N2O4S2/c1-2-30-25(29)22-21(19-10-6-12-31-19)17(14-26)24(27-23(22)16-8-4-3-5-9-16)33-15-18(28)20-11-7-13-32-20/h3-13,21,27H,2,15H2,1H3/t21-/m0/s1. The van der Waals surface area contributed by atoms with Gasteiger partial charge in [-0.05, 0) is 36.1 Å². The maximum absolute atomic E-state index is 13.1. The maximum Gasteiger partial charge on any atom is 0.337 e. The molecule has 8 heteroatoms. The number of ketones is 1. The number of carbonyl (C=O) groups is 2. The second-order valence-electron chi connectivity index (χ2n) is 6.99. The lowest BCUT2D eigenvalue weighted by atomic mass is 9.84. The summed E-state index contributed by atoms with van der Waals surface area (Å²) in [5.41, 5.74) is 1.89. The Morgan fingerprint density at radius 3 is 2.64 bits per heavy atom. The maximum atomic E-state index is 13.1. The number of ether oxygens (including phenoxy) is 1. The molecular formula is C25H20N2O4S2. The van der Waals surface area contributed by atoms with Gasteiger partial charge < -0.3 is 14.5 Å². The zero-order valence-electron chi connectivity index (χ0n) is 17.7. The fraction of sp³-hybridized carbons (Fsp3) is 0.160. The van der Waals surface area contributed by atoms with Crippen LogP contribution in [0.1, 0.15) is 33.8 Å². The molecule has 0 unspecified atom stereocenters. The van der Waals surface area contributed by atoms with Crippen LogP contribution < -0.4 is 5.32 Å². The lowest BCUT2D eigenvalue weighted by molar-refractivity contribution is -0.138. The van der Waals surface area contributed by atoms with E-state index in [0.29, 0.717) is 32.5 Å². The third-order valence-electron chi connectivity index (χ3n) is 4.98. The molecule has 0 bridgehead atoms. The minimum atomic E-state index is -0.764. The molecule has 0 saturated heterocycles. The molecule has 0 radical (unpaired) electrons. The molecule has 1 atom stereocenters.